The van der Waals surface area contributed by atoms with E-state index in [4.69, 9.17) is 0 Å². The number of amides is 3. The molecule has 1 aliphatic carbocycles. The van der Waals surface area contributed by atoms with E-state index in [2.05, 4.69) is 15.5 Å². The van der Waals surface area contributed by atoms with E-state index in [1.54, 1.807) is 0 Å². The molecule has 0 aromatic heterocycles. The molecular formula is C20H29N3O2. The van der Waals surface area contributed by atoms with Gasteiger partial charge in [-0.25, -0.2) is 4.79 Å². The maximum absolute atomic E-state index is 12.3. The standard InChI is InChI=1S/C20H29N3O2/c1-14-9-10-17(15(2)12-14)21-20(25)22-19(24)13-23-11-5-7-16-6-3-4-8-18(16)23/h9-10,12,16,18H,3-8,11,13H2,1-2H3,(H2,21,22,24,25)/t16-,18-/m0/s1. The van der Waals surface area contributed by atoms with E-state index in [1.165, 1.54) is 32.1 Å². The Morgan fingerprint density at radius 3 is 2.68 bits per heavy atom. The van der Waals surface area contributed by atoms with E-state index in [-0.39, 0.29) is 5.91 Å². The molecule has 25 heavy (non-hydrogen) atoms. The first-order chi connectivity index (χ1) is 12.0. The van der Waals surface area contributed by atoms with Gasteiger partial charge in [-0.05, 0) is 63.6 Å². The number of fused-ring (bicyclic) bond motifs is 1. The predicted molar refractivity (Wildman–Crippen MR) is 99.6 cm³/mol. The smallest absolute Gasteiger partial charge is 0.307 e. The number of likely N-dealkylation sites (tertiary alicyclic amines) is 1. The van der Waals surface area contributed by atoms with Crippen molar-refractivity contribution in [3.05, 3.63) is 29.3 Å². The Labute approximate surface area is 150 Å². The highest BCUT2D eigenvalue weighted by atomic mass is 16.2. The molecule has 2 atom stereocenters. The second kappa shape index (κ2) is 8.00. The second-order valence-electron chi connectivity index (χ2n) is 7.55. The molecule has 2 N–H and O–H groups in total. The van der Waals surface area contributed by atoms with Gasteiger partial charge >= 0.3 is 6.03 Å². The summed E-state index contributed by atoms with van der Waals surface area (Å²) in [5, 5.41) is 5.25. The summed E-state index contributed by atoms with van der Waals surface area (Å²) in [5.41, 5.74) is 2.87. The minimum Gasteiger partial charge on any atom is -0.307 e. The third kappa shape index (κ3) is 4.60. The maximum atomic E-state index is 12.3. The Morgan fingerprint density at radius 2 is 1.88 bits per heavy atom. The fourth-order valence-corrected chi connectivity index (χ4v) is 4.38. The first kappa shape index (κ1) is 17.9. The van der Waals surface area contributed by atoms with Crippen LogP contribution in [0.4, 0.5) is 10.5 Å². The summed E-state index contributed by atoms with van der Waals surface area (Å²) >= 11 is 0. The topological polar surface area (TPSA) is 61.4 Å². The molecule has 0 spiro atoms. The van der Waals surface area contributed by atoms with E-state index in [0.717, 1.165) is 35.7 Å². The average Bonchev–Trinajstić information content (AvgIpc) is 2.57. The van der Waals surface area contributed by atoms with Crippen molar-refractivity contribution in [3.63, 3.8) is 0 Å². The van der Waals surface area contributed by atoms with Gasteiger partial charge in [0.2, 0.25) is 5.91 Å². The molecule has 5 nitrogen and oxygen atoms in total. The van der Waals surface area contributed by atoms with Crippen molar-refractivity contribution in [1.82, 2.24) is 10.2 Å². The molecule has 5 heteroatoms. The molecule has 1 saturated carbocycles. The predicted octanol–water partition coefficient (Wildman–Crippen LogP) is 3.61. The number of nitrogens with one attached hydrogen (secondary N) is 2. The van der Waals surface area contributed by atoms with Gasteiger partial charge in [-0.15, -0.1) is 0 Å². The number of nitrogens with zero attached hydrogens (tertiary/aromatic N) is 1. The van der Waals surface area contributed by atoms with Gasteiger partial charge in [0.15, 0.2) is 0 Å². The number of hydrogen-bond acceptors (Lipinski definition) is 3. The monoisotopic (exact) mass is 343 g/mol. The third-order valence-electron chi connectivity index (χ3n) is 5.59. The van der Waals surface area contributed by atoms with Crippen molar-refractivity contribution in [2.75, 3.05) is 18.4 Å². The van der Waals surface area contributed by atoms with Gasteiger partial charge in [0.25, 0.3) is 0 Å². The average molecular weight is 343 g/mol. The van der Waals surface area contributed by atoms with Gasteiger partial charge in [-0.1, -0.05) is 30.5 Å². The quantitative estimate of drug-likeness (QED) is 0.881. The first-order valence-corrected chi connectivity index (χ1v) is 9.45. The van der Waals surface area contributed by atoms with Gasteiger partial charge in [0.05, 0.1) is 6.54 Å². The number of piperidine rings is 1. The van der Waals surface area contributed by atoms with Gasteiger partial charge in [-0.3, -0.25) is 15.0 Å². The van der Waals surface area contributed by atoms with Gasteiger partial charge in [0, 0.05) is 11.7 Å². The van der Waals surface area contributed by atoms with Crippen LogP contribution in [-0.4, -0.2) is 36.0 Å². The van der Waals surface area contributed by atoms with Crippen LogP contribution in [0.15, 0.2) is 18.2 Å². The minimum atomic E-state index is -0.450. The maximum Gasteiger partial charge on any atom is 0.325 e. The van der Waals surface area contributed by atoms with Gasteiger partial charge < -0.3 is 5.32 Å². The fourth-order valence-electron chi connectivity index (χ4n) is 4.38. The molecule has 1 heterocycles. The highest BCUT2D eigenvalue weighted by Gasteiger charge is 2.34. The van der Waals surface area contributed by atoms with Crippen molar-refractivity contribution >= 4 is 17.6 Å². The van der Waals surface area contributed by atoms with Crippen LogP contribution in [0.25, 0.3) is 0 Å². The third-order valence-corrected chi connectivity index (χ3v) is 5.59. The summed E-state index contributed by atoms with van der Waals surface area (Å²) < 4.78 is 0. The lowest BCUT2D eigenvalue weighted by Gasteiger charge is -2.43. The van der Waals surface area contributed by atoms with Gasteiger partial charge in [0.1, 0.15) is 0 Å². The molecule has 2 fully saturated rings. The lowest BCUT2D eigenvalue weighted by molar-refractivity contribution is -0.122. The zero-order valence-electron chi connectivity index (χ0n) is 15.3. The Balaban J connectivity index is 1.52. The highest BCUT2D eigenvalue weighted by Crippen LogP contribution is 2.34. The van der Waals surface area contributed by atoms with Crippen molar-refractivity contribution in [3.8, 4) is 0 Å². The molecule has 0 unspecified atom stereocenters. The summed E-state index contributed by atoms with van der Waals surface area (Å²) in [4.78, 5) is 26.7. The largest absolute Gasteiger partial charge is 0.325 e. The summed E-state index contributed by atoms with van der Waals surface area (Å²) in [6, 6.07) is 5.90. The van der Waals surface area contributed by atoms with Crippen molar-refractivity contribution < 1.29 is 9.59 Å². The molecular weight excluding hydrogens is 314 g/mol. The highest BCUT2D eigenvalue weighted by molar-refractivity contribution is 6.02. The number of benzene rings is 1. The summed E-state index contributed by atoms with van der Waals surface area (Å²) in [7, 11) is 0. The number of hydrogen-bond donors (Lipinski definition) is 2. The van der Waals surface area contributed by atoms with Crippen LogP contribution in [0.2, 0.25) is 0 Å². The Bertz CT molecular complexity index is 642. The molecule has 3 amide bonds. The van der Waals surface area contributed by atoms with Crippen LogP contribution < -0.4 is 10.6 Å². The normalized spacial score (nSPS) is 23.6. The summed E-state index contributed by atoms with van der Waals surface area (Å²) in [5.74, 6) is 0.521. The van der Waals surface area contributed by atoms with Crippen LogP contribution >= 0.6 is 0 Å². The van der Waals surface area contributed by atoms with Crippen LogP contribution in [0, 0.1) is 19.8 Å². The SMILES string of the molecule is Cc1ccc(NC(=O)NC(=O)CN2CCC[C@@H]3CCCC[C@@H]32)c(C)c1. The zero-order valence-corrected chi connectivity index (χ0v) is 15.3. The van der Waals surface area contributed by atoms with Crippen molar-refractivity contribution in [1.29, 1.82) is 0 Å². The molecule has 0 bridgehead atoms. The van der Waals surface area contributed by atoms with Crippen molar-refractivity contribution in [2.24, 2.45) is 5.92 Å². The molecule has 1 aliphatic heterocycles. The fraction of sp³-hybridized carbons (Fsp3) is 0.600. The van der Waals surface area contributed by atoms with E-state index < -0.39 is 6.03 Å². The number of imide groups is 1. The molecule has 136 valence electrons. The number of carbonyl (C=O) groups excluding carboxylic acids is 2. The van der Waals surface area contributed by atoms with Gasteiger partial charge in [-0.2, -0.15) is 0 Å². The molecule has 3 rings (SSSR count). The van der Waals surface area contributed by atoms with E-state index in [1.807, 2.05) is 32.0 Å². The summed E-state index contributed by atoms with van der Waals surface area (Å²) in [6.45, 7) is 5.24. The van der Waals surface area contributed by atoms with E-state index >= 15 is 0 Å². The number of anilines is 1. The Hall–Kier alpha value is -1.88. The molecule has 1 aromatic rings. The Morgan fingerprint density at radius 1 is 1.12 bits per heavy atom. The molecule has 2 aliphatic rings. The van der Waals surface area contributed by atoms with Crippen LogP contribution in [0.5, 0.6) is 0 Å². The Kier molecular flexibility index (Phi) is 5.74. The number of urea groups is 1. The van der Waals surface area contributed by atoms with E-state index in [9.17, 15) is 9.59 Å². The lowest BCUT2D eigenvalue weighted by Crippen LogP contribution is -2.51. The van der Waals surface area contributed by atoms with Crippen LogP contribution in [-0.2, 0) is 4.79 Å². The molecule has 0 radical (unpaired) electrons. The van der Waals surface area contributed by atoms with Crippen LogP contribution in [0.1, 0.15) is 49.7 Å². The number of carbonyl (C=O) groups is 2. The van der Waals surface area contributed by atoms with Crippen molar-refractivity contribution in [2.45, 2.75) is 58.4 Å². The number of aryl methyl sites for hydroxylation is 2. The van der Waals surface area contributed by atoms with E-state index in [0.29, 0.717) is 12.6 Å². The lowest BCUT2D eigenvalue weighted by atomic mass is 9.78. The minimum absolute atomic E-state index is 0.214. The molecule has 1 aromatic carbocycles. The van der Waals surface area contributed by atoms with Crippen LogP contribution in [0.3, 0.4) is 0 Å². The zero-order chi connectivity index (χ0) is 17.8. The first-order valence-electron chi connectivity index (χ1n) is 9.45. The second-order valence-corrected chi connectivity index (χ2v) is 7.55. The summed E-state index contributed by atoms with van der Waals surface area (Å²) in [6.07, 6.45) is 7.49. The number of rotatable bonds is 3. The molecule has 1 saturated heterocycles.